The third-order valence-electron chi connectivity index (χ3n) is 3.48. The van der Waals surface area contributed by atoms with Gasteiger partial charge in [-0.1, -0.05) is 18.2 Å². The maximum Gasteiger partial charge on any atom is 0.329 e. The van der Waals surface area contributed by atoms with Crippen molar-refractivity contribution in [2.45, 2.75) is 38.6 Å². The molecule has 1 aliphatic heterocycles. The summed E-state index contributed by atoms with van der Waals surface area (Å²) in [5, 5.41) is 8.56. The lowest BCUT2D eigenvalue weighted by molar-refractivity contribution is -0.145. The van der Waals surface area contributed by atoms with Gasteiger partial charge in [-0.2, -0.15) is 5.26 Å². The number of nitrogens with zero attached hydrogens (tertiary/aromatic N) is 2. The van der Waals surface area contributed by atoms with Crippen molar-refractivity contribution >= 4 is 17.6 Å². The molecular formula is C16H18N2O3. The van der Waals surface area contributed by atoms with Gasteiger partial charge in [0.1, 0.15) is 6.04 Å². The highest BCUT2D eigenvalue weighted by molar-refractivity contribution is 6.02. The Morgan fingerprint density at radius 2 is 2.19 bits per heavy atom. The number of amides is 1. The number of fused-ring (bicyclic) bond motifs is 1. The summed E-state index contributed by atoms with van der Waals surface area (Å²) in [5.74, 6) is -0.504. The number of nitriles is 1. The molecule has 2 rings (SSSR count). The summed E-state index contributed by atoms with van der Waals surface area (Å²) in [5.41, 5.74) is 1.75. The van der Waals surface area contributed by atoms with E-state index < -0.39 is 6.04 Å². The molecule has 1 aromatic carbocycles. The van der Waals surface area contributed by atoms with Crippen LogP contribution in [0.4, 0.5) is 5.69 Å². The molecule has 0 aliphatic carbocycles. The van der Waals surface area contributed by atoms with E-state index in [1.807, 2.05) is 30.3 Å². The molecule has 21 heavy (non-hydrogen) atoms. The number of anilines is 1. The van der Waals surface area contributed by atoms with Crippen molar-refractivity contribution in [3.63, 3.8) is 0 Å². The van der Waals surface area contributed by atoms with Gasteiger partial charge in [-0.25, -0.2) is 4.79 Å². The summed E-state index contributed by atoms with van der Waals surface area (Å²) in [7, 11) is 0. The van der Waals surface area contributed by atoms with E-state index in [1.54, 1.807) is 6.92 Å². The average molecular weight is 286 g/mol. The van der Waals surface area contributed by atoms with Crippen LogP contribution in [0.25, 0.3) is 0 Å². The standard InChI is InChI=1S/C16H18N2O3/c1-2-21-16(20)14-11-12-7-3-4-8-13(12)18(14)15(19)9-5-6-10-17/h3-4,7-8,14H,2,5-6,9,11H2,1H3/t14-/m0/s1. The zero-order valence-corrected chi connectivity index (χ0v) is 12.0. The zero-order chi connectivity index (χ0) is 15.2. The molecule has 5 heteroatoms. The maximum atomic E-state index is 12.4. The maximum absolute atomic E-state index is 12.4. The van der Waals surface area contributed by atoms with E-state index >= 15 is 0 Å². The monoisotopic (exact) mass is 286 g/mol. The van der Waals surface area contributed by atoms with E-state index in [0.29, 0.717) is 25.9 Å². The van der Waals surface area contributed by atoms with Crippen molar-refractivity contribution in [1.29, 1.82) is 5.26 Å². The van der Waals surface area contributed by atoms with E-state index in [-0.39, 0.29) is 18.3 Å². The number of para-hydroxylation sites is 1. The number of rotatable bonds is 5. The van der Waals surface area contributed by atoms with Crippen LogP contribution in [-0.2, 0) is 20.7 Å². The number of hydrogen-bond donors (Lipinski definition) is 0. The summed E-state index contributed by atoms with van der Waals surface area (Å²) in [4.78, 5) is 26.0. The van der Waals surface area contributed by atoms with Crippen LogP contribution in [0.2, 0.25) is 0 Å². The van der Waals surface area contributed by atoms with Gasteiger partial charge in [0, 0.05) is 24.9 Å². The number of carbonyl (C=O) groups is 2. The fraction of sp³-hybridized carbons (Fsp3) is 0.438. The zero-order valence-electron chi connectivity index (χ0n) is 12.0. The summed E-state index contributed by atoms with van der Waals surface area (Å²) in [6, 6.07) is 8.95. The molecule has 110 valence electrons. The first-order valence-corrected chi connectivity index (χ1v) is 7.12. The quantitative estimate of drug-likeness (QED) is 0.614. The second-order valence-corrected chi connectivity index (χ2v) is 4.88. The highest BCUT2D eigenvalue weighted by atomic mass is 16.5. The number of unbranched alkanes of at least 4 members (excludes halogenated alkanes) is 1. The molecule has 0 N–H and O–H groups in total. The van der Waals surface area contributed by atoms with Crippen molar-refractivity contribution < 1.29 is 14.3 Å². The molecule has 0 spiro atoms. The van der Waals surface area contributed by atoms with Crippen molar-refractivity contribution in [1.82, 2.24) is 0 Å². The van der Waals surface area contributed by atoms with Gasteiger partial charge in [-0.3, -0.25) is 9.69 Å². The predicted molar refractivity (Wildman–Crippen MR) is 77.5 cm³/mol. The highest BCUT2D eigenvalue weighted by Gasteiger charge is 2.38. The topological polar surface area (TPSA) is 70.4 Å². The first-order valence-electron chi connectivity index (χ1n) is 7.12. The first kappa shape index (κ1) is 15.0. The molecule has 1 amide bonds. The lowest BCUT2D eigenvalue weighted by Crippen LogP contribution is -2.43. The van der Waals surface area contributed by atoms with Crippen LogP contribution in [0, 0.1) is 11.3 Å². The smallest absolute Gasteiger partial charge is 0.329 e. The molecule has 0 unspecified atom stereocenters. The number of esters is 1. The van der Waals surface area contributed by atoms with Gasteiger partial charge in [0.25, 0.3) is 0 Å². The van der Waals surface area contributed by atoms with Gasteiger partial charge in [0.15, 0.2) is 0 Å². The van der Waals surface area contributed by atoms with Crippen LogP contribution in [0.15, 0.2) is 24.3 Å². The molecule has 1 aliphatic rings. The Morgan fingerprint density at radius 3 is 2.90 bits per heavy atom. The number of carbonyl (C=O) groups excluding carboxylic acids is 2. The third-order valence-corrected chi connectivity index (χ3v) is 3.48. The van der Waals surface area contributed by atoms with Gasteiger partial charge in [0.2, 0.25) is 5.91 Å². The fourth-order valence-electron chi connectivity index (χ4n) is 2.56. The Kier molecular flexibility index (Phi) is 4.94. The average Bonchev–Trinajstić information content (AvgIpc) is 2.87. The molecule has 0 bridgehead atoms. The number of benzene rings is 1. The Morgan fingerprint density at radius 1 is 1.43 bits per heavy atom. The lowest BCUT2D eigenvalue weighted by Gasteiger charge is -2.24. The Bertz CT molecular complexity index is 577. The molecule has 0 radical (unpaired) electrons. The molecule has 5 nitrogen and oxygen atoms in total. The van der Waals surface area contributed by atoms with Gasteiger partial charge in [0.05, 0.1) is 12.7 Å². The molecule has 1 atom stereocenters. The Hall–Kier alpha value is -2.35. The largest absolute Gasteiger partial charge is 0.464 e. The van der Waals surface area contributed by atoms with Gasteiger partial charge in [-0.15, -0.1) is 0 Å². The van der Waals surface area contributed by atoms with E-state index in [2.05, 4.69) is 0 Å². The lowest BCUT2D eigenvalue weighted by atomic mass is 10.1. The van der Waals surface area contributed by atoms with E-state index in [1.165, 1.54) is 4.90 Å². The molecule has 0 saturated carbocycles. The first-order chi connectivity index (χ1) is 10.2. The van der Waals surface area contributed by atoms with Gasteiger partial charge >= 0.3 is 5.97 Å². The van der Waals surface area contributed by atoms with Crippen LogP contribution >= 0.6 is 0 Å². The van der Waals surface area contributed by atoms with Crippen molar-refractivity contribution in [3.8, 4) is 6.07 Å². The van der Waals surface area contributed by atoms with Crippen LogP contribution in [-0.4, -0.2) is 24.5 Å². The Labute approximate surface area is 124 Å². The normalized spacial score (nSPS) is 16.2. The van der Waals surface area contributed by atoms with Crippen LogP contribution in [0.1, 0.15) is 31.7 Å². The molecule has 0 saturated heterocycles. The number of hydrogen-bond acceptors (Lipinski definition) is 4. The minimum atomic E-state index is -0.586. The SMILES string of the molecule is CCOC(=O)[C@@H]1Cc2ccccc2N1C(=O)CCCC#N. The molecule has 0 aromatic heterocycles. The highest BCUT2D eigenvalue weighted by Crippen LogP contribution is 2.33. The van der Waals surface area contributed by atoms with Crippen LogP contribution in [0.5, 0.6) is 0 Å². The van der Waals surface area contributed by atoms with E-state index in [4.69, 9.17) is 10.00 Å². The number of ether oxygens (including phenoxy) is 1. The van der Waals surface area contributed by atoms with Crippen molar-refractivity contribution in [3.05, 3.63) is 29.8 Å². The van der Waals surface area contributed by atoms with Gasteiger partial charge < -0.3 is 4.74 Å². The second-order valence-electron chi connectivity index (χ2n) is 4.88. The minimum Gasteiger partial charge on any atom is -0.464 e. The van der Waals surface area contributed by atoms with Gasteiger partial charge in [-0.05, 0) is 25.0 Å². The molecule has 1 heterocycles. The summed E-state index contributed by atoms with van der Waals surface area (Å²) in [6.07, 6.45) is 1.59. The van der Waals surface area contributed by atoms with Crippen LogP contribution in [0.3, 0.4) is 0 Å². The van der Waals surface area contributed by atoms with Crippen LogP contribution < -0.4 is 4.90 Å². The summed E-state index contributed by atoms with van der Waals surface area (Å²) in [6.45, 7) is 2.04. The third kappa shape index (κ3) is 3.22. The minimum absolute atomic E-state index is 0.131. The fourth-order valence-corrected chi connectivity index (χ4v) is 2.56. The molecule has 0 fully saturated rings. The summed E-state index contributed by atoms with van der Waals surface area (Å²) < 4.78 is 5.08. The van der Waals surface area contributed by atoms with Crippen molar-refractivity contribution in [2.24, 2.45) is 0 Å². The predicted octanol–water partition coefficient (Wildman–Crippen LogP) is 2.20. The Balaban J connectivity index is 2.21. The van der Waals surface area contributed by atoms with E-state index in [9.17, 15) is 9.59 Å². The molecule has 1 aromatic rings. The summed E-state index contributed by atoms with van der Waals surface area (Å²) >= 11 is 0. The van der Waals surface area contributed by atoms with Crippen molar-refractivity contribution in [2.75, 3.05) is 11.5 Å². The van der Waals surface area contributed by atoms with E-state index in [0.717, 1.165) is 11.3 Å². The molecular weight excluding hydrogens is 268 g/mol. The second kappa shape index (κ2) is 6.89.